The Morgan fingerprint density at radius 2 is 2.43 bits per heavy atom. The third-order valence-electron chi connectivity index (χ3n) is 1.42. The molecule has 0 aliphatic rings. The number of thiazole rings is 1. The minimum Gasteiger partial charge on any atom is -0.465 e. The Morgan fingerprint density at radius 3 is 3.00 bits per heavy atom. The van der Waals surface area contributed by atoms with Crippen molar-refractivity contribution in [2.45, 2.75) is 12.5 Å². The van der Waals surface area contributed by atoms with Crippen molar-refractivity contribution in [3.05, 3.63) is 11.1 Å². The highest BCUT2D eigenvalue weighted by molar-refractivity contribution is 7.13. The SMILES string of the molecule is O=C(O)Nc1nc(CC(O)CO)cs1. The molecule has 0 aliphatic heterocycles. The molecule has 1 unspecified atom stereocenters. The Morgan fingerprint density at radius 1 is 1.71 bits per heavy atom. The van der Waals surface area contributed by atoms with E-state index in [1.54, 1.807) is 5.38 Å². The van der Waals surface area contributed by atoms with Crippen molar-refractivity contribution in [1.29, 1.82) is 0 Å². The first-order valence-electron chi connectivity index (χ1n) is 3.85. The maximum Gasteiger partial charge on any atom is 0.410 e. The number of amides is 1. The van der Waals surface area contributed by atoms with Gasteiger partial charge in [0.1, 0.15) is 0 Å². The molecule has 1 heterocycles. The third-order valence-corrected chi connectivity index (χ3v) is 2.23. The summed E-state index contributed by atoms with van der Waals surface area (Å²) in [4.78, 5) is 14.1. The van der Waals surface area contributed by atoms with E-state index in [-0.39, 0.29) is 18.2 Å². The van der Waals surface area contributed by atoms with Crippen LogP contribution in [0.1, 0.15) is 5.69 Å². The average Bonchev–Trinajstić information content (AvgIpc) is 2.51. The van der Waals surface area contributed by atoms with Gasteiger partial charge in [-0.2, -0.15) is 0 Å². The van der Waals surface area contributed by atoms with Gasteiger partial charge in [-0.1, -0.05) is 0 Å². The van der Waals surface area contributed by atoms with Crippen LogP contribution in [0.3, 0.4) is 0 Å². The van der Waals surface area contributed by atoms with Gasteiger partial charge in [0, 0.05) is 11.8 Å². The molecule has 1 rings (SSSR count). The summed E-state index contributed by atoms with van der Waals surface area (Å²) in [6.45, 7) is -0.334. The first-order valence-corrected chi connectivity index (χ1v) is 4.73. The van der Waals surface area contributed by atoms with Gasteiger partial charge >= 0.3 is 6.09 Å². The van der Waals surface area contributed by atoms with Crippen LogP contribution in [0.4, 0.5) is 9.93 Å². The number of anilines is 1. The van der Waals surface area contributed by atoms with Gasteiger partial charge in [-0.05, 0) is 0 Å². The van der Waals surface area contributed by atoms with E-state index in [0.717, 1.165) is 11.3 Å². The highest BCUT2D eigenvalue weighted by Gasteiger charge is 2.08. The lowest BCUT2D eigenvalue weighted by Gasteiger charge is -2.02. The van der Waals surface area contributed by atoms with Crippen molar-refractivity contribution in [2.75, 3.05) is 11.9 Å². The maximum absolute atomic E-state index is 10.2. The van der Waals surface area contributed by atoms with Gasteiger partial charge < -0.3 is 15.3 Å². The normalized spacial score (nSPS) is 12.4. The number of nitrogens with one attached hydrogen (secondary N) is 1. The van der Waals surface area contributed by atoms with Crippen LogP contribution in [0.15, 0.2) is 5.38 Å². The molecule has 0 saturated carbocycles. The summed E-state index contributed by atoms with van der Waals surface area (Å²) in [5, 5.41) is 30.0. The number of aromatic nitrogens is 1. The van der Waals surface area contributed by atoms with E-state index in [2.05, 4.69) is 10.3 Å². The molecule has 1 aromatic rings. The molecule has 7 heteroatoms. The molecular formula is C7H10N2O4S. The first kappa shape index (κ1) is 10.9. The van der Waals surface area contributed by atoms with Crippen LogP contribution in [0.2, 0.25) is 0 Å². The van der Waals surface area contributed by atoms with Gasteiger partial charge in [0.15, 0.2) is 5.13 Å². The third kappa shape index (κ3) is 3.29. The van der Waals surface area contributed by atoms with Crippen molar-refractivity contribution >= 4 is 22.6 Å². The van der Waals surface area contributed by atoms with Gasteiger partial charge in [-0.15, -0.1) is 11.3 Å². The lowest BCUT2D eigenvalue weighted by Crippen LogP contribution is -2.15. The second-order valence-corrected chi connectivity index (χ2v) is 3.47. The standard InChI is InChI=1S/C7H10N2O4S/c10-2-5(11)1-4-3-14-6(8-4)9-7(12)13/h3,5,10-11H,1-2H2,(H,8,9)(H,12,13). The summed E-state index contributed by atoms with van der Waals surface area (Å²) in [6, 6.07) is 0. The van der Waals surface area contributed by atoms with Gasteiger partial charge in [0.05, 0.1) is 18.4 Å². The van der Waals surface area contributed by atoms with E-state index in [4.69, 9.17) is 15.3 Å². The van der Waals surface area contributed by atoms with Crippen molar-refractivity contribution in [2.24, 2.45) is 0 Å². The molecule has 1 amide bonds. The molecule has 1 aromatic heterocycles. The van der Waals surface area contributed by atoms with E-state index >= 15 is 0 Å². The number of nitrogens with zero attached hydrogens (tertiary/aromatic N) is 1. The highest BCUT2D eigenvalue weighted by Crippen LogP contribution is 2.16. The smallest absolute Gasteiger partial charge is 0.410 e. The molecule has 4 N–H and O–H groups in total. The molecule has 0 radical (unpaired) electrons. The van der Waals surface area contributed by atoms with E-state index in [1.165, 1.54) is 0 Å². The fourth-order valence-electron chi connectivity index (χ4n) is 0.856. The molecular weight excluding hydrogens is 208 g/mol. The van der Waals surface area contributed by atoms with Gasteiger partial charge in [0.25, 0.3) is 0 Å². The number of hydrogen-bond acceptors (Lipinski definition) is 5. The number of carboxylic acid groups (broad SMARTS) is 1. The van der Waals surface area contributed by atoms with Crippen molar-refractivity contribution < 1.29 is 20.1 Å². The summed E-state index contributed by atoms with van der Waals surface area (Å²) >= 11 is 1.13. The van der Waals surface area contributed by atoms with E-state index in [1.807, 2.05) is 0 Å². The van der Waals surface area contributed by atoms with Crippen molar-refractivity contribution in [1.82, 2.24) is 4.98 Å². The van der Waals surface area contributed by atoms with E-state index < -0.39 is 12.2 Å². The van der Waals surface area contributed by atoms with Crippen LogP contribution < -0.4 is 5.32 Å². The van der Waals surface area contributed by atoms with Crippen LogP contribution >= 0.6 is 11.3 Å². The largest absolute Gasteiger partial charge is 0.465 e. The fourth-order valence-corrected chi connectivity index (χ4v) is 1.57. The van der Waals surface area contributed by atoms with Gasteiger partial charge in [-0.25, -0.2) is 9.78 Å². The Kier molecular flexibility index (Phi) is 3.81. The summed E-state index contributed by atoms with van der Waals surface area (Å²) < 4.78 is 0. The topological polar surface area (TPSA) is 103 Å². The second-order valence-electron chi connectivity index (χ2n) is 2.61. The number of rotatable bonds is 4. The van der Waals surface area contributed by atoms with Crippen LogP contribution in [0.5, 0.6) is 0 Å². The zero-order chi connectivity index (χ0) is 10.6. The van der Waals surface area contributed by atoms with Gasteiger partial charge in [-0.3, -0.25) is 5.32 Å². The molecule has 14 heavy (non-hydrogen) atoms. The van der Waals surface area contributed by atoms with Crippen LogP contribution in [0, 0.1) is 0 Å². The highest BCUT2D eigenvalue weighted by atomic mass is 32.1. The Bertz CT molecular complexity index is 314. The zero-order valence-electron chi connectivity index (χ0n) is 7.17. The molecule has 6 nitrogen and oxygen atoms in total. The molecule has 0 saturated heterocycles. The molecule has 0 fully saturated rings. The molecule has 0 bridgehead atoms. The molecule has 0 spiro atoms. The molecule has 78 valence electrons. The van der Waals surface area contributed by atoms with E-state index in [9.17, 15) is 4.79 Å². The quantitative estimate of drug-likeness (QED) is 0.575. The van der Waals surface area contributed by atoms with Crippen molar-refractivity contribution in [3.8, 4) is 0 Å². The number of carbonyl (C=O) groups is 1. The lowest BCUT2D eigenvalue weighted by atomic mass is 10.2. The zero-order valence-corrected chi connectivity index (χ0v) is 7.99. The minimum atomic E-state index is -1.17. The molecule has 1 atom stereocenters. The van der Waals surface area contributed by atoms with Crippen LogP contribution in [-0.2, 0) is 6.42 Å². The minimum absolute atomic E-state index is 0.217. The first-order chi connectivity index (χ1) is 6.61. The predicted octanol–water partition coefficient (Wildman–Crippen LogP) is 0.129. The lowest BCUT2D eigenvalue weighted by molar-refractivity contribution is 0.0949. The average molecular weight is 218 g/mol. The summed E-state index contributed by atoms with van der Waals surface area (Å²) in [6.07, 6.45) is -1.81. The van der Waals surface area contributed by atoms with Gasteiger partial charge in [0.2, 0.25) is 0 Å². The number of aliphatic hydroxyl groups is 2. The Balaban J connectivity index is 2.54. The second kappa shape index (κ2) is 4.89. The Hall–Kier alpha value is -1.18. The fraction of sp³-hybridized carbons (Fsp3) is 0.429. The number of aliphatic hydroxyl groups excluding tert-OH is 2. The van der Waals surface area contributed by atoms with Crippen LogP contribution in [0.25, 0.3) is 0 Å². The monoisotopic (exact) mass is 218 g/mol. The van der Waals surface area contributed by atoms with E-state index in [0.29, 0.717) is 5.69 Å². The van der Waals surface area contributed by atoms with Crippen molar-refractivity contribution in [3.63, 3.8) is 0 Å². The summed E-state index contributed by atoms with van der Waals surface area (Å²) in [5.74, 6) is 0. The molecule has 0 aromatic carbocycles. The molecule has 0 aliphatic carbocycles. The predicted molar refractivity (Wildman–Crippen MR) is 50.6 cm³/mol. The number of hydrogen-bond donors (Lipinski definition) is 4. The summed E-state index contributed by atoms with van der Waals surface area (Å²) in [7, 11) is 0. The maximum atomic E-state index is 10.2. The van der Waals surface area contributed by atoms with Crippen LogP contribution in [-0.4, -0.2) is 39.1 Å². The Labute approximate surface area is 83.8 Å². The summed E-state index contributed by atoms with van der Waals surface area (Å²) in [5.41, 5.74) is 0.556.